The van der Waals surface area contributed by atoms with Gasteiger partial charge in [0.25, 0.3) is 0 Å². The maximum Gasteiger partial charge on any atom is 0.0690 e. The van der Waals surface area contributed by atoms with Crippen LogP contribution in [0.4, 0.5) is 0 Å². The molecule has 0 fully saturated rings. The molecular formula is C2H3N3P. The Kier molecular flexibility index (Phi) is 2.59. The molecule has 3 nitrogen and oxygen atoms in total. The molecule has 4 heteroatoms. The minimum absolute atomic E-state index is 0. The second kappa shape index (κ2) is 2.79. The summed E-state index contributed by atoms with van der Waals surface area (Å²) in [6, 6.07) is 0. The fourth-order valence-electron chi connectivity index (χ4n) is 0.167. The maximum atomic E-state index is 3.42. The SMILES string of the molecule is [P].c1c[nH]nn1. The number of hydrogen-bond donors (Lipinski definition) is 1. The lowest BCUT2D eigenvalue weighted by Gasteiger charge is -1.46. The van der Waals surface area contributed by atoms with Gasteiger partial charge in [0.05, 0.1) is 6.20 Å². The van der Waals surface area contributed by atoms with Gasteiger partial charge in [0.1, 0.15) is 0 Å². The van der Waals surface area contributed by atoms with E-state index in [9.17, 15) is 0 Å². The quantitative estimate of drug-likeness (QED) is 0.486. The van der Waals surface area contributed by atoms with Gasteiger partial charge < -0.3 is 0 Å². The molecule has 1 aromatic heterocycles. The second-order valence-corrected chi connectivity index (χ2v) is 0.660. The van der Waals surface area contributed by atoms with Crippen molar-refractivity contribution in [1.29, 1.82) is 0 Å². The average molecular weight is 100 g/mol. The second-order valence-electron chi connectivity index (χ2n) is 0.660. The Morgan fingerprint density at radius 3 is 2.50 bits per heavy atom. The van der Waals surface area contributed by atoms with Crippen LogP contribution in [-0.2, 0) is 0 Å². The van der Waals surface area contributed by atoms with Crippen molar-refractivity contribution in [3.05, 3.63) is 12.4 Å². The first-order valence-corrected chi connectivity index (χ1v) is 1.30. The van der Waals surface area contributed by atoms with Crippen molar-refractivity contribution in [2.45, 2.75) is 0 Å². The number of hydrogen-bond acceptors (Lipinski definition) is 2. The van der Waals surface area contributed by atoms with Crippen molar-refractivity contribution in [3.8, 4) is 0 Å². The highest BCUT2D eigenvalue weighted by Gasteiger charge is 1.57. The summed E-state index contributed by atoms with van der Waals surface area (Å²) in [6.45, 7) is 0. The number of nitrogens with one attached hydrogen (secondary N) is 1. The summed E-state index contributed by atoms with van der Waals surface area (Å²) < 4.78 is 0. The van der Waals surface area contributed by atoms with E-state index in [1.165, 1.54) is 0 Å². The summed E-state index contributed by atoms with van der Waals surface area (Å²) in [5.74, 6) is 0. The van der Waals surface area contributed by atoms with Crippen LogP contribution in [0.2, 0.25) is 0 Å². The molecule has 1 N–H and O–H groups in total. The predicted octanol–water partition coefficient (Wildman–Crippen LogP) is 0.666. The van der Waals surface area contributed by atoms with Crippen LogP contribution >= 0.6 is 9.90 Å². The van der Waals surface area contributed by atoms with Crippen molar-refractivity contribution in [2.24, 2.45) is 0 Å². The van der Waals surface area contributed by atoms with Crippen molar-refractivity contribution in [3.63, 3.8) is 0 Å². The number of aromatic nitrogens is 3. The molecule has 0 aromatic carbocycles. The van der Waals surface area contributed by atoms with Crippen LogP contribution in [0.15, 0.2) is 12.4 Å². The van der Waals surface area contributed by atoms with E-state index in [0.717, 1.165) is 0 Å². The molecule has 31 valence electrons. The lowest BCUT2D eigenvalue weighted by molar-refractivity contribution is 0.940. The highest BCUT2D eigenvalue weighted by Crippen LogP contribution is 1.55. The molecule has 0 amide bonds. The third-order valence-corrected chi connectivity index (χ3v) is 0.331. The summed E-state index contributed by atoms with van der Waals surface area (Å²) in [5, 5.41) is 9.26. The predicted molar refractivity (Wildman–Crippen MR) is 23.3 cm³/mol. The molecular weight excluding hydrogens is 97.0 g/mol. The molecule has 3 radical (unpaired) electrons. The van der Waals surface area contributed by atoms with E-state index in [4.69, 9.17) is 0 Å². The van der Waals surface area contributed by atoms with Gasteiger partial charge in [-0.25, -0.2) is 0 Å². The Labute approximate surface area is 38.8 Å². The van der Waals surface area contributed by atoms with Crippen LogP contribution < -0.4 is 0 Å². The van der Waals surface area contributed by atoms with Crippen molar-refractivity contribution >= 4 is 9.90 Å². The zero-order valence-electron chi connectivity index (χ0n) is 3.00. The first-order chi connectivity index (χ1) is 2.50. The standard InChI is InChI=1S/C2H3N3.P/c1-2-4-5-3-1;/h1-2H,(H,3,4,5);. The van der Waals surface area contributed by atoms with Crippen LogP contribution in [0.1, 0.15) is 0 Å². The zero-order chi connectivity index (χ0) is 3.54. The smallest absolute Gasteiger partial charge is 0.0690 e. The number of nitrogens with zero attached hydrogens (tertiary/aromatic N) is 2. The third-order valence-electron chi connectivity index (χ3n) is 0.331. The van der Waals surface area contributed by atoms with Gasteiger partial charge in [0.15, 0.2) is 0 Å². The summed E-state index contributed by atoms with van der Waals surface area (Å²) >= 11 is 0. The Hall–Kier alpha value is -0.430. The monoisotopic (exact) mass is 100 g/mol. The summed E-state index contributed by atoms with van der Waals surface area (Å²) in [5.41, 5.74) is 0. The van der Waals surface area contributed by atoms with Crippen LogP contribution in [0.3, 0.4) is 0 Å². The Balaban J connectivity index is 0.000000250. The molecule has 0 saturated carbocycles. The first-order valence-electron chi connectivity index (χ1n) is 1.30. The number of rotatable bonds is 0. The molecule has 1 heterocycles. The zero-order valence-corrected chi connectivity index (χ0v) is 3.89. The minimum atomic E-state index is 0. The van der Waals surface area contributed by atoms with E-state index < -0.39 is 0 Å². The number of H-pyrrole nitrogens is 1. The van der Waals surface area contributed by atoms with Gasteiger partial charge in [-0.3, -0.25) is 5.10 Å². The van der Waals surface area contributed by atoms with Gasteiger partial charge in [-0.2, -0.15) is 0 Å². The highest BCUT2D eigenvalue weighted by molar-refractivity contribution is 6.92. The summed E-state index contributed by atoms with van der Waals surface area (Å²) in [4.78, 5) is 0. The Bertz CT molecular complexity index is 65.3. The van der Waals surface area contributed by atoms with E-state index in [-0.39, 0.29) is 9.90 Å². The lowest BCUT2D eigenvalue weighted by atomic mass is 11.0. The first kappa shape index (κ1) is 5.57. The van der Waals surface area contributed by atoms with Gasteiger partial charge in [0, 0.05) is 16.1 Å². The van der Waals surface area contributed by atoms with Gasteiger partial charge >= 0.3 is 0 Å². The lowest BCUT2D eigenvalue weighted by Crippen LogP contribution is -1.61. The van der Waals surface area contributed by atoms with E-state index >= 15 is 0 Å². The van der Waals surface area contributed by atoms with E-state index in [1.54, 1.807) is 12.4 Å². The molecule has 0 bridgehead atoms. The number of aromatic amines is 1. The van der Waals surface area contributed by atoms with Crippen LogP contribution in [-0.4, -0.2) is 15.4 Å². The van der Waals surface area contributed by atoms with Crippen molar-refractivity contribution < 1.29 is 0 Å². The minimum Gasteiger partial charge on any atom is -0.266 e. The van der Waals surface area contributed by atoms with Crippen LogP contribution in [0, 0.1) is 0 Å². The third kappa shape index (κ3) is 1.13. The van der Waals surface area contributed by atoms with Crippen molar-refractivity contribution in [2.75, 3.05) is 0 Å². The summed E-state index contributed by atoms with van der Waals surface area (Å²) in [7, 11) is 0. The molecule has 0 spiro atoms. The van der Waals surface area contributed by atoms with Gasteiger partial charge in [-0.05, 0) is 0 Å². The fourth-order valence-corrected chi connectivity index (χ4v) is 0.167. The molecule has 0 aliphatic heterocycles. The molecule has 1 aromatic rings. The van der Waals surface area contributed by atoms with E-state index in [2.05, 4.69) is 15.4 Å². The average Bonchev–Trinajstić information content (AvgIpc) is 1.76. The van der Waals surface area contributed by atoms with Crippen LogP contribution in [0.5, 0.6) is 0 Å². The summed E-state index contributed by atoms with van der Waals surface area (Å²) in [6.07, 6.45) is 3.24. The molecule has 0 saturated heterocycles. The van der Waals surface area contributed by atoms with Crippen LogP contribution in [0.25, 0.3) is 0 Å². The topological polar surface area (TPSA) is 41.6 Å². The largest absolute Gasteiger partial charge is 0.266 e. The maximum absolute atomic E-state index is 3.42. The molecule has 0 aliphatic rings. The molecule has 0 unspecified atom stereocenters. The van der Waals surface area contributed by atoms with Gasteiger partial charge in [-0.15, -0.1) is 5.10 Å². The normalized spacial score (nSPS) is 6.67. The van der Waals surface area contributed by atoms with E-state index in [1.807, 2.05) is 0 Å². The van der Waals surface area contributed by atoms with Gasteiger partial charge in [-0.1, -0.05) is 5.21 Å². The molecule has 0 aliphatic carbocycles. The highest BCUT2D eigenvalue weighted by atomic mass is 31.0. The molecule has 1 rings (SSSR count). The molecule has 6 heavy (non-hydrogen) atoms. The molecule has 0 atom stereocenters. The van der Waals surface area contributed by atoms with Crippen molar-refractivity contribution in [1.82, 2.24) is 15.4 Å². The fraction of sp³-hybridized carbons (Fsp3) is 0. The van der Waals surface area contributed by atoms with Gasteiger partial charge in [0.2, 0.25) is 0 Å². The van der Waals surface area contributed by atoms with E-state index in [0.29, 0.717) is 0 Å². The Morgan fingerprint density at radius 2 is 2.33 bits per heavy atom. The Morgan fingerprint density at radius 1 is 1.50 bits per heavy atom.